The fourth-order valence-electron chi connectivity index (χ4n) is 1.64. The van der Waals surface area contributed by atoms with Crippen LogP contribution >= 0.6 is 11.3 Å². The molecule has 1 amide bonds. The maximum absolute atomic E-state index is 11.3. The van der Waals surface area contributed by atoms with Crippen molar-refractivity contribution in [1.29, 1.82) is 0 Å². The lowest BCUT2D eigenvalue weighted by Crippen LogP contribution is -2.26. The molecule has 106 valence electrons. The van der Waals surface area contributed by atoms with Gasteiger partial charge in [0.25, 0.3) is 0 Å². The third-order valence-electron chi connectivity index (χ3n) is 2.65. The van der Waals surface area contributed by atoms with E-state index in [0.717, 1.165) is 22.0 Å². The van der Waals surface area contributed by atoms with Gasteiger partial charge in [-0.15, -0.1) is 11.3 Å². The zero-order valence-corrected chi connectivity index (χ0v) is 12.2. The number of carbonyl (C=O) groups is 1. The van der Waals surface area contributed by atoms with Crippen molar-refractivity contribution in [2.24, 2.45) is 0 Å². The van der Waals surface area contributed by atoms with Gasteiger partial charge in [0.05, 0.1) is 19.3 Å². The number of rotatable bonds is 6. The Morgan fingerprint density at radius 3 is 2.70 bits per heavy atom. The lowest BCUT2D eigenvalue weighted by atomic mass is 10.2. The average molecular weight is 292 g/mol. The molecule has 20 heavy (non-hydrogen) atoms. The molecule has 1 aromatic heterocycles. The molecule has 2 rings (SSSR count). The van der Waals surface area contributed by atoms with Gasteiger partial charge in [0.1, 0.15) is 17.4 Å². The number of methoxy groups -OCH3 is 2. The summed E-state index contributed by atoms with van der Waals surface area (Å²) >= 11 is 1.52. The predicted molar refractivity (Wildman–Crippen MR) is 77.8 cm³/mol. The summed E-state index contributed by atoms with van der Waals surface area (Å²) in [4.78, 5) is 15.8. The van der Waals surface area contributed by atoms with Crippen molar-refractivity contribution in [3.8, 4) is 17.0 Å². The molecule has 0 unspecified atom stereocenters. The van der Waals surface area contributed by atoms with E-state index in [0.29, 0.717) is 6.54 Å². The molecule has 0 spiro atoms. The van der Waals surface area contributed by atoms with Gasteiger partial charge in [0, 0.05) is 18.1 Å². The Balaban J connectivity index is 1.99. The molecule has 0 atom stereocenters. The van der Waals surface area contributed by atoms with E-state index in [1.807, 2.05) is 29.6 Å². The molecule has 0 saturated heterocycles. The van der Waals surface area contributed by atoms with E-state index in [1.54, 1.807) is 7.11 Å². The number of thiazole rings is 1. The van der Waals surface area contributed by atoms with Gasteiger partial charge in [-0.25, -0.2) is 4.98 Å². The van der Waals surface area contributed by atoms with Gasteiger partial charge >= 0.3 is 0 Å². The van der Waals surface area contributed by atoms with Crippen LogP contribution < -0.4 is 10.1 Å². The molecule has 5 nitrogen and oxygen atoms in total. The molecule has 6 heteroatoms. The number of carbonyl (C=O) groups excluding carboxylic acids is 1. The van der Waals surface area contributed by atoms with Crippen molar-refractivity contribution in [3.63, 3.8) is 0 Å². The van der Waals surface area contributed by atoms with Gasteiger partial charge in [-0.3, -0.25) is 4.79 Å². The predicted octanol–water partition coefficient (Wildman–Crippen LogP) is 2.08. The molecule has 0 radical (unpaired) electrons. The standard InChI is InChI=1S/C14H16N2O3S/c1-18-8-13(17)15-7-14-16-12(9-20-14)10-3-5-11(19-2)6-4-10/h3-6,9H,7-8H2,1-2H3,(H,15,17). The van der Waals surface area contributed by atoms with E-state index >= 15 is 0 Å². The Bertz CT molecular complexity index is 566. The first kappa shape index (κ1) is 14.5. The van der Waals surface area contributed by atoms with Gasteiger partial charge in [-0.1, -0.05) is 0 Å². The molecule has 0 aliphatic rings. The van der Waals surface area contributed by atoms with E-state index in [2.05, 4.69) is 10.3 Å². The Labute approximate surface area is 121 Å². The minimum Gasteiger partial charge on any atom is -0.497 e. The number of amides is 1. The number of aromatic nitrogens is 1. The summed E-state index contributed by atoms with van der Waals surface area (Å²) in [5.41, 5.74) is 1.92. The first-order chi connectivity index (χ1) is 9.72. The number of benzene rings is 1. The van der Waals surface area contributed by atoms with Gasteiger partial charge < -0.3 is 14.8 Å². The molecule has 1 N–H and O–H groups in total. The van der Waals surface area contributed by atoms with Crippen LogP contribution in [0.25, 0.3) is 11.3 Å². The van der Waals surface area contributed by atoms with Crippen LogP contribution in [0.5, 0.6) is 5.75 Å². The van der Waals surface area contributed by atoms with Crippen LogP contribution in [-0.2, 0) is 16.1 Å². The minimum absolute atomic E-state index is 0.0662. The maximum atomic E-state index is 11.3. The van der Waals surface area contributed by atoms with E-state index in [4.69, 9.17) is 9.47 Å². The topological polar surface area (TPSA) is 60.5 Å². The minimum atomic E-state index is -0.145. The lowest BCUT2D eigenvalue weighted by molar-refractivity contribution is -0.124. The third-order valence-corrected chi connectivity index (χ3v) is 3.50. The van der Waals surface area contributed by atoms with Crippen LogP contribution in [0.3, 0.4) is 0 Å². The van der Waals surface area contributed by atoms with Crippen LogP contribution in [0.1, 0.15) is 5.01 Å². The third kappa shape index (κ3) is 3.79. The highest BCUT2D eigenvalue weighted by Gasteiger charge is 2.06. The quantitative estimate of drug-likeness (QED) is 0.885. The molecular weight excluding hydrogens is 276 g/mol. The summed E-state index contributed by atoms with van der Waals surface area (Å²) in [7, 11) is 3.13. The summed E-state index contributed by atoms with van der Waals surface area (Å²) in [6, 6.07) is 7.71. The maximum Gasteiger partial charge on any atom is 0.246 e. The normalized spacial score (nSPS) is 10.3. The molecular formula is C14H16N2O3S. The number of nitrogens with zero attached hydrogens (tertiary/aromatic N) is 1. The molecule has 0 saturated carbocycles. The molecule has 1 heterocycles. The fraction of sp³-hybridized carbons (Fsp3) is 0.286. The molecule has 0 aliphatic heterocycles. The highest BCUT2D eigenvalue weighted by molar-refractivity contribution is 7.09. The van der Waals surface area contributed by atoms with Gasteiger partial charge in [-0.2, -0.15) is 0 Å². The van der Waals surface area contributed by atoms with Crippen LogP contribution in [0.2, 0.25) is 0 Å². The summed E-state index contributed by atoms with van der Waals surface area (Å²) in [5.74, 6) is 0.671. The second-order valence-electron chi connectivity index (χ2n) is 4.06. The van der Waals surface area contributed by atoms with Crippen molar-refractivity contribution in [2.75, 3.05) is 20.8 Å². The first-order valence-electron chi connectivity index (χ1n) is 6.07. The second kappa shape index (κ2) is 7.02. The molecule has 1 aromatic carbocycles. The zero-order valence-electron chi connectivity index (χ0n) is 11.4. The van der Waals surface area contributed by atoms with Crippen molar-refractivity contribution in [2.45, 2.75) is 6.54 Å². The van der Waals surface area contributed by atoms with Gasteiger partial charge in [0.15, 0.2) is 0 Å². The Kier molecular flexibility index (Phi) is 5.09. The van der Waals surface area contributed by atoms with Crippen LogP contribution in [-0.4, -0.2) is 31.7 Å². The van der Waals surface area contributed by atoms with E-state index < -0.39 is 0 Å². The molecule has 0 fully saturated rings. The monoisotopic (exact) mass is 292 g/mol. The number of nitrogens with one attached hydrogen (secondary N) is 1. The number of hydrogen-bond donors (Lipinski definition) is 1. The van der Waals surface area contributed by atoms with E-state index in [1.165, 1.54) is 18.4 Å². The molecule has 0 aliphatic carbocycles. The number of ether oxygens (including phenoxy) is 2. The van der Waals surface area contributed by atoms with Crippen molar-refractivity contribution in [1.82, 2.24) is 10.3 Å². The van der Waals surface area contributed by atoms with Crippen LogP contribution in [0.4, 0.5) is 0 Å². The van der Waals surface area contributed by atoms with Gasteiger partial charge in [0.2, 0.25) is 5.91 Å². The summed E-state index contributed by atoms with van der Waals surface area (Å²) in [5, 5.41) is 5.58. The van der Waals surface area contributed by atoms with Crippen LogP contribution in [0, 0.1) is 0 Å². The Morgan fingerprint density at radius 2 is 2.05 bits per heavy atom. The summed E-state index contributed by atoms with van der Waals surface area (Å²) in [6.45, 7) is 0.486. The molecule has 2 aromatic rings. The zero-order chi connectivity index (χ0) is 14.4. The number of hydrogen-bond acceptors (Lipinski definition) is 5. The average Bonchev–Trinajstić information content (AvgIpc) is 2.94. The highest BCUT2D eigenvalue weighted by Crippen LogP contribution is 2.24. The summed E-state index contributed by atoms with van der Waals surface area (Å²) in [6.07, 6.45) is 0. The van der Waals surface area contributed by atoms with E-state index in [-0.39, 0.29) is 12.5 Å². The highest BCUT2D eigenvalue weighted by atomic mass is 32.1. The molecule has 0 bridgehead atoms. The van der Waals surface area contributed by atoms with Crippen LogP contribution in [0.15, 0.2) is 29.6 Å². The largest absolute Gasteiger partial charge is 0.497 e. The first-order valence-corrected chi connectivity index (χ1v) is 6.95. The van der Waals surface area contributed by atoms with Crippen molar-refractivity contribution in [3.05, 3.63) is 34.7 Å². The summed E-state index contributed by atoms with van der Waals surface area (Å²) < 4.78 is 9.87. The van der Waals surface area contributed by atoms with Crippen molar-refractivity contribution < 1.29 is 14.3 Å². The fourth-order valence-corrected chi connectivity index (χ4v) is 2.39. The van der Waals surface area contributed by atoms with E-state index in [9.17, 15) is 4.79 Å². The SMILES string of the molecule is COCC(=O)NCc1nc(-c2ccc(OC)cc2)cs1. The Morgan fingerprint density at radius 1 is 1.30 bits per heavy atom. The smallest absolute Gasteiger partial charge is 0.246 e. The second-order valence-corrected chi connectivity index (χ2v) is 5.01. The lowest BCUT2D eigenvalue weighted by Gasteiger charge is -2.02. The van der Waals surface area contributed by atoms with Crippen molar-refractivity contribution >= 4 is 17.2 Å². The van der Waals surface area contributed by atoms with Gasteiger partial charge in [-0.05, 0) is 24.3 Å². The Hall–Kier alpha value is -1.92.